The molecule has 6 aromatic carbocycles. The van der Waals surface area contributed by atoms with Crippen molar-refractivity contribution in [2.45, 2.75) is 73.6 Å². The Balaban J connectivity index is 0.000000792. The zero-order chi connectivity index (χ0) is 31.5. The van der Waals surface area contributed by atoms with E-state index in [4.69, 9.17) is 0 Å². The maximum atomic E-state index is 3.06. The van der Waals surface area contributed by atoms with Crippen molar-refractivity contribution >= 4 is 53.2 Å². The van der Waals surface area contributed by atoms with Crippen molar-refractivity contribution < 1.29 is 23.3 Å². The molecule has 0 nitrogen and oxygen atoms in total. The van der Waals surface area contributed by atoms with Gasteiger partial charge in [0.2, 0.25) is 0 Å². The first-order valence-corrected chi connectivity index (χ1v) is 19.4. The molecule has 0 spiro atoms. The number of benzene rings is 4. The molecule has 4 heteroatoms. The zero-order valence-corrected chi connectivity index (χ0v) is 35.2. The van der Waals surface area contributed by atoms with Crippen LogP contribution in [0.25, 0.3) is 43.8 Å². The van der Waals surface area contributed by atoms with E-state index < -0.39 is 0 Å². The SMILES string of the molecule is Cc1cc(-c2ccc(C(C)(C)C)cc2)c2cc(C)[cH-]c2c1.Cc1ccc(C)c(-c2cccc3[cH-]c(C(C)C)cc23)c1.Cl.Cl.[CH3-].[CH3-].[Si]=[Zr]. The van der Waals surface area contributed by atoms with Crippen molar-refractivity contribution in [3.05, 3.63) is 145 Å². The number of hydrogen-bond acceptors (Lipinski definition) is 0. The molecule has 6 rings (SSSR count). The molecule has 0 fully saturated rings. The summed E-state index contributed by atoms with van der Waals surface area (Å²) in [5.74, 6) is 0.578. The van der Waals surface area contributed by atoms with Gasteiger partial charge in [-0.25, -0.2) is 0 Å². The first-order valence-electron chi connectivity index (χ1n) is 15.2. The van der Waals surface area contributed by atoms with Gasteiger partial charge in [0.15, 0.2) is 0 Å². The molecule has 0 saturated carbocycles. The van der Waals surface area contributed by atoms with Crippen LogP contribution in [0.15, 0.2) is 97.1 Å². The maximum absolute atomic E-state index is 3.06. The molecule has 47 heavy (non-hydrogen) atoms. The molecular weight excluding hydrogens is 707 g/mol. The van der Waals surface area contributed by atoms with Gasteiger partial charge in [-0.3, -0.25) is 0 Å². The van der Waals surface area contributed by atoms with E-state index in [1.165, 1.54) is 101 Å². The summed E-state index contributed by atoms with van der Waals surface area (Å²) in [6.07, 6.45) is 0. The molecule has 0 aliphatic carbocycles. The van der Waals surface area contributed by atoms with Gasteiger partial charge in [0.25, 0.3) is 0 Å². The van der Waals surface area contributed by atoms with Gasteiger partial charge in [-0.1, -0.05) is 118 Å². The molecule has 0 saturated heterocycles. The molecule has 6 aromatic rings. The third kappa shape index (κ3) is 10.6. The summed E-state index contributed by atoms with van der Waals surface area (Å²) in [6.45, 7) is 23.0. The molecule has 0 N–H and O–H groups in total. The number of halogens is 2. The first-order chi connectivity index (χ1) is 20.4. The Morgan fingerprint density at radius 3 is 1.81 bits per heavy atom. The van der Waals surface area contributed by atoms with E-state index in [-0.39, 0.29) is 45.1 Å². The van der Waals surface area contributed by atoms with Crippen LogP contribution in [0.3, 0.4) is 0 Å². The van der Waals surface area contributed by atoms with Gasteiger partial charge in [-0.05, 0) is 54.4 Å². The van der Waals surface area contributed by atoms with Crippen LogP contribution < -0.4 is 0 Å². The number of aryl methyl sites for hydroxylation is 4. The van der Waals surface area contributed by atoms with E-state index in [9.17, 15) is 0 Å². The summed E-state index contributed by atoms with van der Waals surface area (Å²) in [5, 5.41) is 5.45. The monoisotopic (exact) mass is 756 g/mol. The quantitative estimate of drug-likeness (QED) is 0.125. The number of fused-ring (bicyclic) bond motifs is 2. The van der Waals surface area contributed by atoms with Crippen LogP contribution in [-0.2, 0) is 28.8 Å². The molecule has 0 aromatic heterocycles. The van der Waals surface area contributed by atoms with Gasteiger partial charge >= 0.3 is 30.2 Å². The molecule has 0 atom stereocenters. The zero-order valence-electron chi connectivity index (χ0n) is 30.1. The third-order valence-electron chi connectivity index (χ3n) is 8.30. The van der Waals surface area contributed by atoms with Crippen molar-refractivity contribution in [2.24, 2.45) is 0 Å². The topological polar surface area (TPSA) is 0 Å². The number of hydrogen-bond donors (Lipinski definition) is 0. The Hall–Kier alpha value is -2.22. The van der Waals surface area contributed by atoms with Crippen LogP contribution in [0.5, 0.6) is 0 Å². The van der Waals surface area contributed by atoms with Gasteiger partial charge < -0.3 is 14.9 Å². The third-order valence-corrected chi connectivity index (χ3v) is 8.30. The van der Waals surface area contributed by atoms with Crippen LogP contribution in [0.2, 0.25) is 0 Å². The summed E-state index contributed by atoms with van der Waals surface area (Å²) in [5.41, 5.74) is 13.7. The second-order valence-electron chi connectivity index (χ2n) is 13.2. The van der Waals surface area contributed by atoms with E-state index in [0.29, 0.717) is 5.92 Å². The van der Waals surface area contributed by atoms with E-state index >= 15 is 0 Å². The molecule has 0 heterocycles. The fraction of sp³-hybridized carbons (Fsp3) is 0.256. The van der Waals surface area contributed by atoms with Crippen molar-refractivity contribution in [1.82, 2.24) is 0 Å². The molecule has 0 unspecified atom stereocenters. The second kappa shape index (κ2) is 19.1. The summed E-state index contributed by atoms with van der Waals surface area (Å²) in [6, 6.07) is 36.2. The Labute approximate surface area is 315 Å². The predicted molar refractivity (Wildman–Crippen MR) is 215 cm³/mol. The molecular formula is C43H52Cl2SiZr-4. The fourth-order valence-electron chi connectivity index (χ4n) is 5.86. The standard InChI is InChI=1S/C21H23.C20H21.2CH3.2ClH.Si.Zr/c1-14-10-17-11-15(2)13-20(17)19(12-14)16-6-8-18(9-7-16)21(3,4)5;1-13(2)17-11-16-6-5-7-18(20(16)12-17)19-10-14(3)8-9-15(19)4;;;;;;/h6-13H,1-5H3;5-13H,1-4H3;2*1H3;2*1H;;/q4*-1;;;;. The molecule has 0 bridgehead atoms. The average molecular weight is 759 g/mol. The molecule has 2 radical (unpaired) electrons. The van der Waals surface area contributed by atoms with Crippen LogP contribution in [-0.4, -0.2) is 6.88 Å². The van der Waals surface area contributed by atoms with Gasteiger partial charge in [0, 0.05) is 0 Å². The van der Waals surface area contributed by atoms with Crippen molar-refractivity contribution in [3.63, 3.8) is 0 Å². The van der Waals surface area contributed by atoms with E-state index in [1.54, 1.807) is 0 Å². The first kappa shape index (κ1) is 44.8. The fourth-order valence-corrected chi connectivity index (χ4v) is 5.86. The summed E-state index contributed by atoms with van der Waals surface area (Å²) in [7, 11) is 0. The molecule has 250 valence electrons. The molecule has 0 amide bonds. The average Bonchev–Trinajstić information content (AvgIpc) is 3.58. The summed E-state index contributed by atoms with van der Waals surface area (Å²) >= 11 is 1.36. The van der Waals surface area contributed by atoms with Crippen molar-refractivity contribution in [2.75, 3.05) is 0 Å². The second-order valence-corrected chi connectivity index (χ2v) is 13.2. The van der Waals surface area contributed by atoms with Gasteiger partial charge in [0.05, 0.1) is 0 Å². The Morgan fingerprint density at radius 2 is 1.21 bits per heavy atom. The van der Waals surface area contributed by atoms with Gasteiger partial charge in [-0.2, -0.15) is 12.1 Å². The van der Waals surface area contributed by atoms with Crippen LogP contribution >= 0.6 is 24.8 Å². The van der Waals surface area contributed by atoms with Crippen molar-refractivity contribution in [1.29, 1.82) is 0 Å². The molecule has 0 aliphatic heterocycles. The van der Waals surface area contributed by atoms with Gasteiger partial charge in [-0.15, -0.1) is 87.8 Å². The summed E-state index contributed by atoms with van der Waals surface area (Å²) < 4.78 is 0. The van der Waals surface area contributed by atoms with E-state index in [2.05, 4.69) is 166 Å². The van der Waals surface area contributed by atoms with E-state index in [0.717, 1.165) is 0 Å². The molecule has 0 aliphatic rings. The van der Waals surface area contributed by atoms with Gasteiger partial charge in [0.1, 0.15) is 0 Å². The van der Waals surface area contributed by atoms with E-state index in [1.807, 2.05) is 0 Å². The minimum absolute atomic E-state index is 0. The van der Waals surface area contributed by atoms with Crippen LogP contribution in [0, 0.1) is 42.5 Å². The van der Waals surface area contributed by atoms with Crippen LogP contribution in [0.4, 0.5) is 0 Å². The summed E-state index contributed by atoms with van der Waals surface area (Å²) in [4.78, 5) is 0. The Kier molecular flexibility index (Phi) is 18.2. The normalized spacial score (nSPS) is 10.3. The Bertz CT molecular complexity index is 1850. The predicted octanol–water partition coefficient (Wildman–Crippen LogP) is 13.5. The minimum atomic E-state index is 0. The Morgan fingerprint density at radius 1 is 0.617 bits per heavy atom. The van der Waals surface area contributed by atoms with Crippen LogP contribution in [0.1, 0.15) is 73.9 Å². The number of rotatable bonds is 3. The van der Waals surface area contributed by atoms with Crippen molar-refractivity contribution in [3.8, 4) is 22.3 Å².